The van der Waals surface area contributed by atoms with Gasteiger partial charge in [-0.3, -0.25) is 9.69 Å². The molecule has 5 heteroatoms. The van der Waals surface area contributed by atoms with Gasteiger partial charge in [-0.15, -0.1) is 0 Å². The van der Waals surface area contributed by atoms with E-state index in [0.29, 0.717) is 17.5 Å². The van der Waals surface area contributed by atoms with Crippen molar-refractivity contribution in [2.45, 2.75) is 78.3 Å². The number of nitrogens with one attached hydrogen (secondary N) is 1. The first-order chi connectivity index (χ1) is 13.4. The molecule has 162 valence electrons. The highest BCUT2D eigenvalue weighted by atomic mass is 16.1. The molecule has 1 saturated carbocycles. The predicted molar refractivity (Wildman–Crippen MR) is 116 cm³/mol. The van der Waals surface area contributed by atoms with E-state index in [1.165, 1.54) is 84.5 Å². The highest BCUT2D eigenvalue weighted by Crippen LogP contribution is 2.49. The molecule has 3 fully saturated rings. The Hall–Kier alpha value is -0.650. The molecule has 2 heterocycles. The van der Waals surface area contributed by atoms with Crippen LogP contribution in [0.3, 0.4) is 0 Å². The van der Waals surface area contributed by atoms with Crippen LogP contribution in [-0.2, 0) is 4.79 Å². The van der Waals surface area contributed by atoms with Gasteiger partial charge in [-0.1, -0.05) is 13.8 Å². The fourth-order valence-electron chi connectivity index (χ4n) is 5.26. The minimum Gasteiger partial charge on any atom is -0.353 e. The van der Waals surface area contributed by atoms with Crippen molar-refractivity contribution in [3.05, 3.63) is 0 Å². The second-order valence-corrected chi connectivity index (χ2v) is 9.94. The zero-order chi connectivity index (χ0) is 20.1. The average Bonchev–Trinajstić information content (AvgIpc) is 2.71. The van der Waals surface area contributed by atoms with Gasteiger partial charge in [0.05, 0.1) is 0 Å². The first-order valence-electron chi connectivity index (χ1n) is 11.9. The lowest BCUT2D eigenvalue weighted by atomic mass is 9.59. The van der Waals surface area contributed by atoms with Crippen LogP contribution < -0.4 is 5.32 Å². The van der Waals surface area contributed by atoms with Crippen LogP contribution >= 0.6 is 0 Å². The molecule has 2 atom stereocenters. The molecule has 2 aliphatic heterocycles. The molecule has 0 aromatic carbocycles. The molecule has 1 amide bonds. The van der Waals surface area contributed by atoms with Crippen molar-refractivity contribution in [3.63, 3.8) is 0 Å². The largest absolute Gasteiger partial charge is 0.353 e. The summed E-state index contributed by atoms with van der Waals surface area (Å²) in [6, 6.07) is 1.13. The van der Waals surface area contributed by atoms with Gasteiger partial charge in [0.2, 0.25) is 5.91 Å². The molecule has 2 unspecified atom stereocenters. The number of carbonyl (C=O) groups is 1. The van der Waals surface area contributed by atoms with Gasteiger partial charge >= 0.3 is 0 Å². The van der Waals surface area contributed by atoms with E-state index in [2.05, 4.69) is 40.8 Å². The highest BCUT2D eigenvalue weighted by Gasteiger charge is 2.48. The minimum absolute atomic E-state index is 0.153. The van der Waals surface area contributed by atoms with Crippen LogP contribution in [-0.4, -0.2) is 85.0 Å². The number of likely N-dealkylation sites (tertiary alicyclic amines) is 1. The topological polar surface area (TPSA) is 38.8 Å². The van der Waals surface area contributed by atoms with Crippen LogP contribution in [0.25, 0.3) is 0 Å². The van der Waals surface area contributed by atoms with Gasteiger partial charge in [0.25, 0.3) is 0 Å². The van der Waals surface area contributed by atoms with Gasteiger partial charge in [0.1, 0.15) is 0 Å². The molecule has 3 rings (SSSR count). The van der Waals surface area contributed by atoms with E-state index in [1.807, 2.05) is 6.92 Å². The number of rotatable bonds is 8. The predicted octanol–water partition coefficient (Wildman–Crippen LogP) is 2.81. The Bertz CT molecular complexity index is 493. The Morgan fingerprint density at radius 3 is 2.07 bits per heavy atom. The van der Waals surface area contributed by atoms with Crippen LogP contribution in [0.1, 0.15) is 66.2 Å². The van der Waals surface area contributed by atoms with Crippen LogP contribution in [0.5, 0.6) is 0 Å². The van der Waals surface area contributed by atoms with E-state index in [1.54, 1.807) is 0 Å². The number of amides is 1. The van der Waals surface area contributed by atoms with E-state index in [0.717, 1.165) is 6.42 Å². The first kappa shape index (κ1) is 22.0. The Balaban J connectivity index is 1.32. The molecular weight excluding hydrogens is 348 g/mol. The van der Waals surface area contributed by atoms with Crippen molar-refractivity contribution >= 4 is 5.91 Å². The molecule has 1 aliphatic carbocycles. The summed E-state index contributed by atoms with van der Waals surface area (Å²) in [6.45, 7) is 18.6. The van der Waals surface area contributed by atoms with Gasteiger partial charge < -0.3 is 15.1 Å². The van der Waals surface area contributed by atoms with Crippen molar-refractivity contribution in [1.82, 2.24) is 20.0 Å². The number of carbonyl (C=O) groups excluding carboxylic acids is 1. The third-order valence-electron chi connectivity index (χ3n) is 7.98. The molecule has 3 aliphatic rings. The molecule has 2 saturated heterocycles. The molecular formula is C23H44N4O. The zero-order valence-corrected chi connectivity index (χ0v) is 18.9. The summed E-state index contributed by atoms with van der Waals surface area (Å²) in [5.41, 5.74) is 0.410. The van der Waals surface area contributed by atoms with Crippen molar-refractivity contribution < 1.29 is 4.79 Å². The second kappa shape index (κ2) is 9.90. The summed E-state index contributed by atoms with van der Waals surface area (Å²) in [5.74, 6) is 0.423. The maximum absolute atomic E-state index is 12.3. The summed E-state index contributed by atoms with van der Waals surface area (Å²) < 4.78 is 0. The second-order valence-electron chi connectivity index (χ2n) is 9.94. The maximum Gasteiger partial charge on any atom is 0.223 e. The van der Waals surface area contributed by atoms with E-state index >= 15 is 0 Å². The molecule has 28 heavy (non-hydrogen) atoms. The van der Waals surface area contributed by atoms with Gasteiger partial charge in [0.15, 0.2) is 0 Å². The number of nitrogens with zero attached hydrogens (tertiary/aromatic N) is 3. The Kier molecular flexibility index (Phi) is 7.80. The molecule has 1 spiro atoms. The Morgan fingerprint density at radius 2 is 1.57 bits per heavy atom. The summed E-state index contributed by atoms with van der Waals surface area (Å²) in [7, 11) is 0. The van der Waals surface area contributed by atoms with Crippen LogP contribution in [0.2, 0.25) is 0 Å². The Morgan fingerprint density at radius 1 is 0.964 bits per heavy atom. The maximum atomic E-state index is 12.3. The average molecular weight is 393 g/mol. The van der Waals surface area contributed by atoms with E-state index in [9.17, 15) is 4.79 Å². The minimum atomic E-state index is 0.153. The highest BCUT2D eigenvalue weighted by molar-refractivity contribution is 5.78. The molecule has 1 N–H and O–H groups in total. The van der Waals surface area contributed by atoms with Crippen molar-refractivity contribution in [3.8, 4) is 0 Å². The standard InChI is InChI=1S/C23H44N4O/c1-5-20(4)22(28)24-21-7-8-23(21)9-13-25(14-10-23)11-6-12-26-15-17-27(18-16-26)19(2)3/h19-21H,5-18H2,1-4H3,(H,24,28). The van der Waals surface area contributed by atoms with Gasteiger partial charge in [-0.25, -0.2) is 0 Å². The van der Waals surface area contributed by atoms with Crippen molar-refractivity contribution in [2.75, 3.05) is 52.4 Å². The monoisotopic (exact) mass is 392 g/mol. The lowest BCUT2D eigenvalue weighted by molar-refractivity contribution is -0.129. The summed E-state index contributed by atoms with van der Waals surface area (Å²) in [5, 5.41) is 3.37. The lowest BCUT2D eigenvalue weighted by Crippen LogP contribution is -2.59. The van der Waals surface area contributed by atoms with Crippen LogP contribution in [0.15, 0.2) is 0 Å². The number of hydrogen-bond acceptors (Lipinski definition) is 4. The van der Waals surface area contributed by atoms with Gasteiger partial charge in [-0.2, -0.15) is 0 Å². The molecule has 0 aromatic rings. The van der Waals surface area contributed by atoms with E-state index < -0.39 is 0 Å². The van der Waals surface area contributed by atoms with Gasteiger partial charge in [-0.05, 0) is 84.0 Å². The van der Waals surface area contributed by atoms with Crippen molar-refractivity contribution in [1.29, 1.82) is 0 Å². The fourth-order valence-corrected chi connectivity index (χ4v) is 5.26. The summed E-state index contributed by atoms with van der Waals surface area (Å²) >= 11 is 0. The van der Waals surface area contributed by atoms with Gasteiger partial charge in [0, 0.05) is 44.2 Å². The van der Waals surface area contributed by atoms with Crippen LogP contribution in [0.4, 0.5) is 0 Å². The molecule has 5 nitrogen and oxygen atoms in total. The fraction of sp³-hybridized carbons (Fsp3) is 0.957. The molecule has 0 radical (unpaired) electrons. The number of hydrogen-bond donors (Lipinski definition) is 1. The Labute approximate surface area is 173 Å². The smallest absolute Gasteiger partial charge is 0.223 e. The third-order valence-corrected chi connectivity index (χ3v) is 7.98. The quantitative estimate of drug-likeness (QED) is 0.689. The zero-order valence-electron chi connectivity index (χ0n) is 18.9. The molecule has 0 bridgehead atoms. The van der Waals surface area contributed by atoms with E-state index in [4.69, 9.17) is 0 Å². The van der Waals surface area contributed by atoms with Crippen molar-refractivity contribution in [2.24, 2.45) is 11.3 Å². The summed E-state index contributed by atoms with van der Waals surface area (Å²) in [4.78, 5) is 20.2. The lowest BCUT2D eigenvalue weighted by Gasteiger charge is -2.54. The normalized spacial score (nSPS) is 27.7. The van der Waals surface area contributed by atoms with Crippen LogP contribution in [0, 0.1) is 11.3 Å². The first-order valence-corrected chi connectivity index (χ1v) is 11.9. The SMILES string of the molecule is CCC(C)C(=O)NC1CCC12CCN(CCCN1CCN(C(C)C)CC1)CC2. The van der Waals surface area contributed by atoms with E-state index in [-0.39, 0.29) is 11.8 Å². The molecule has 0 aromatic heterocycles. The summed E-state index contributed by atoms with van der Waals surface area (Å²) in [6.07, 6.45) is 7.27. The number of piperazine rings is 1. The third kappa shape index (κ3) is 5.28. The number of piperidine rings is 1.